The molecule has 0 radical (unpaired) electrons. The Kier molecular flexibility index (Phi) is 5.51. The van der Waals surface area contributed by atoms with E-state index in [9.17, 15) is 9.59 Å². The van der Waals surface area contributed by atoms with Crippen molar-refractivity contribution < 1.29 is 4.79 Å². The van der Waals surface area contributed by atoms with Gasteiger partial charge in [0.2, 0.25) is 0 Å². The molecule has 1 saturated carbocycles. The molecule has 6 nitrogen and oxygen atoms in total. The zero-order valence-corrected chi connectivity index (χ0v) is 19.1. The summed E-state index contributed by atoms with van der Waals surface area (Å²) in [4.78, 5) is 33.2. The molecule has 2 heterocycles. The van der Waals surface area contributed by atoms with Crippen LogP contribution in [0.15, 0.2) is 63.2 Å². The Bertz CT molecular complexity index is 1300. The minimum atomic E-state index is -0.0584. The van der Waals surface area contributed by atoms with E-state index in [1.165, 1.54) is 18.2 Å². The first-order valence-corrected chi connectivity index (χ1v) is 11.9. The highest BCUT2D eigenvalue weighted by atomic mass is 32.2. The Morgan fingerprint density at radius 2 is 1.66 bits per heavy atom. The number of fused-ring (bicyclic) bond motifs is 1. The molecule has 2 aromatic carbocycles. The molecule has 0 bridgehead atoms. The van der Waals surface area contributed by atoms with Gasteiger partial charge in [0.05, 0.1) is 21.6 Å². The highest BCUT2D eigenvalue weighted by Gasteiger charge is 2.38. The summed E-state index contributed by atoms with van der Waals surface area (Å²) in [6, 6.07) is 15.9. The molecule has 1 aromatic heterocycles. The Morgan fingerprint density at radius 3 is 2.41 bits per heavy atom. The molecular weight excluding hydrogens is 420 g/mol. The number of benzene rings is 2. The smallest absolute Gasteiger partial charge is 0.295 e. The van der Waals surface area contributed by atoms with Gasteiger partial charge in [0.15, 0.2) is 5.17 Å². The molecule has 0 unspecified atom stereocenters. The summed E-state index contributed by atoms with van der Waals surface area (Å²) in [5.74, 6) is 0.0265. The van der Waals surface area contributed by atoms with Crippen LogP contribution in [0.25, 0.3) is 17.1 Å². The number of rotatable bonds is 3. The summed E-state index contributed by atoms with van der Waals surface area (Å²) in [6.07, 6.45) is 7.49. The predicted octanol–water partition coefficient (Wildman–Crippen LogP) is 4.81. The second-order valence-electron chi connectivity index (χ2n) is 8.46. The van der Waals surface area contributed by atoms with Gasteiger partial charge in [-0.15, -0.1) is 0 Å². The van der Waals surface area contributed by atoms with Gasteiger partial charge in [0.25, 0.3) is 5.91 Å². The van der Waals surface area contributed by atoms with Crippen molar-refractivity contribution in [3.05, 3.63) is 69.5 Å². The third kappa shape index (κ3) is 3.71. The number of aliphatic imine (C=N–C) groups is 1. The van der Waals surface area contributed by atoms with Crippen LogP contribution in [-0.2, 0) is 18.9 Å². The van der Waals surface area contributed by atoms with Gasteiger partial charge in [0, 0.05) is 20.1 Å². The van der Waals surface area contributed by atoms with Crippen LogP contribution in [0.3, 0.4) is 0 Å². The largest absolute Gasteiger partial charge is 0.328 e. The maximum absolute atomic E-state index is 13.5. The number of nitrogens with zero attached hydrogens (tertiary/aromatic N) is 4. The maximum Gasteiger partial charge on any atom is 0.328 e. The van der Waals surface area contributed by atoms with Gasteiger partial charge >= 0.3 is 5.69 Å². The predicted molar refractivity (Wildman–Crippen MR) is 131 cm³/mol. The number of carbonyl (C=O) groups excluding carboxylic acids is 1. The van der Waals surface area contributed by atoms with Gasteiger partial charge in [-0.25, -0.2) is 9.79 Å². The molecule has 2 aliphatic rings. The second kappa shape index (κ2) is 8.47. The molecule has 1 saturated heterocycles. The number of para-hydroxylation sites is 1. The molecular formula is C25H26N4O2S. The van der Waals surface area contributed by atoms with Crippen molar-refractivity contribution >= 4 is 45.6 Å². The van der Waals surface area contributed by atoms with Crippen LogP contribution in [-0.4, -0.2) is 31.2 Å². The van der Waals surface area contributed by atoms with Gasteiger partial charge in [-0.1, -0.05) is 43.5 Å². The fourth-order valence-electron chi connectivity index (χ4n) is 4.60. The monoisotopic (exact) mass is 446 g/mol. The van der Waals surface area contributed by atoms with Gasteiger partial charge in [-0.2, -0.15) is 0 Å². The average Bonchev–Trinajstić information content (AvgIpc) is 3.23. The van der Waals surface area contributed by atoms with Crippen LogP contribution in [0, 0.1) is 0 Å². The van der Waals surface area contributed by atoms with Crippen LogP contribution in [0.1, 0.15) is 37.7 Å². The number of amidine groups is 1. The first-order valence-electron chi connectivity index (χ1n) is 11.1. The Morgan fingerprint density at radius 1 is 0.938 bits per heavy atom. The molecule has 1 amide bonds. The Hall–Kier alpha value is -3.06. The minimum Gasteiger partial charge on any atom is -0.295 e. The summed E-state index contributed by atoms with van der Waals surface area (Å²) >= 11 is 1.44. The highest BCUT2D eigenvalue weighted by Crippen LogP contribution is 2.38. The molecule has 0 spiro atoms. The SMILES string of the molecule is Cn1c(=O)n(C)c2cc(/C=C3/SC(=Nc4ccccc4)N(C4CCCCC4)C3=O)ccc21. The number of thioether (sulfide) groups is 1. The van der Waals surface area contributed by atoms with Crippen LogP contribution in [0.5, 0.6) is 0 Å². The number of carbonyl (C=O) groups is 1. The molecule has 0 N–H and O–H groups in total. The Balaban J connectivity index is 1.54. The third-order valence-corrected chi connectivity index (χ3v) is 7.33. The number of imidazole rings is 1. The zero-order chi connectivity index (χ0) is 22.2. The molecule has 164 valence electrons. The molecule has 0 atom stereocenters. The van der Waals surface area contributed by atoms with Gasteiger partial charge in [0.1, 0.15) is 0 Å². The second-order valence-corrected chi connectivity index (χ2v) is 9.47. The van der Waals surface area contributed by atoms with Gasteiger partial charge < -0.3 is 0 Å². The molecule has 5 rings (SSSR count). The zero-order valence-electron chi connectivity index (χ0n) is 18.3. The van der Waals surface area contributed by atoms with Crippen molar-refractivity contribution in [3.8, 4) is 0 Å². The topological polar surface area (TPSA) is 59.6 Å². The summed E-state index contributed by atoms with van der Waals surface area (Å²) in [5.41, 5.74) is 3.42. The first kappa shape index (κ1) is 20.8. The summed E-state index contributed by atoms with van der Waals surface area (Å²) < 4.78 is 3.27. The van der Waals surface area contributed by atoms with E-state index in [2.05, 4.69) is 0 Å². The fourth-order valence-corrected chi connectivity index (χ4v) is 5.66. The molecule has 32 heavy (non-hydrogen) atoms. The lowest BCUT2D eigenvalue weighted by Crippen LogP contribution is -2.40. The van der Waals surface area contributed by atoms with Crippen LogP contribution in [0.4, 0.5) is 5.69 Å². The van der Waals surface area contributed by atoms with Crippen molar-refractivity contribution in [2.45, 2.75) is 38.1 Å². The van der Waals surface area contributed by atoms with Gasteiger partial charge in [-0.05, 0) is 60.5 Å². The van der Waals surface area contributed by atoms with Crippen LogP contribution >= 0.6 is 11.8 Å². The highest BCUT2D eigenvalue weighted by molar-refractivity contribution is 8.18. The number of amides is 1. The van der Waals surface area contributed by atoms with Crippen molar-refractivity contribution in [1.29, 1.82) is 0 Å². The van der Waals surface area contributed by atoms with E-state index >= 15 is 0 Å². The van der Waals surface area contributed by atoms with E-state index in [-0.39, 0.29) is 17.6 Å². The van der Waals surface area contributed by atoms with E-state index in [0.717, 1.165) is 53.1 Å². The van der Waals surface area contributed by atoms with E-state index in [4.69, 9.17) is 4.99 Å². The number of aryl methyl sites for hydroxylation is 2. The molecule has 1 aliphatic heterocycles. The lowest BCUT2D eigenvalue weighted by molar-refractivity contribution is -0.124. The van der Waals surface area contributed by atoms with Crippen LogP contribution < -0.4 is 5.69 Å². The van der Waals surface area contributed by atoms with Crippen LogP contribution in [0.2, 0.25) is 0 Å². The van der Waals surface area contributed by atoms with E-state index in [0.29, 0.717) is 4.91 Å². The Labute approximate surface area is 191 Å². The van der Waals surface area contributed by atoms with E-state index in [1.54, 1.807) is 23.2 Å². The summed E-state index contributed by atoms with van der Waals surface area (Å²) in [6.45, 7) is 0. The number of hydrogen-bond acceptors (Lipinski definition) is 4. The summed E-state index contributed by atoms with van der Waals surface area (Å²) in [7, 11) is 3.54. The van der Waals surface area contributed by atoms with E-state index in [1.807, 2.05) is 59.5 Å². The molecule has 3 aromatic rings. The first-order chi connectivity index (χ1) is 15.5. The lowest BCUT2D eigenvalue weighted by atomic mass is 9.94. The van der Waals surface area contributed by atoms with Crippen molar-refractivity contribution in [2.24, 2.45) is 19.1 Å². The fraction of sp³-hybridized carbons (Fsp3) is 0.320. The average molecular weight is 447 g/mol. The van der Waals surface area contributed by atoms with Gasteiger partial charge in [-0.3, -0.25) is 18.8 Å². The number of hydrogen-bond donors (Lipinski definition) is 0. The maximum atomic E-state index is 13.5. The lowest BCUT2D eigenvalue weighted by Gasteiger charge is -2.30. The molecule has 1 aliphatic carbocycles. The van der Waals surface area contributed by atoms with E-state index < -0.39 is 0 Å². The molecule has 2 fully saturated rings. The standard InChI is InChI=1S/C25H26N4O2S/c1-27-20-14-13-17(15-21(20)28(2)25(27)31)16-22-23(30)29(19-11-7-4-8-12-19)24(32-22)26-18-9-5-3-6-10-18/h3,5-6,9-10,13-16,19H,4,7-8,11-12H2,1-2H3/b22-16+,26-24?. The summed E-state index contributed by atoms with van der Waals surface area (Å²) in [5, 5.41) is 0.757. The van der Waals surface area contributed by atoms with Crippen molar-refractivity contribution in [2.75, 3.05) is 0 Å². The van der Waals surface area contributed by atoms with Crippen molar-refractivity contribution in [1.82, 2.24) is 14.0 Å². The number of aromatic nitrogens is 2. The van der Waals surface area contributed by atoms with Crippen molar-refractivity contribution in [3.63, 3.8) is 0 Å². The minimum absolute atomic E-state index is 0.0265. The molecule has 7 heteroatoms. The normalized spacial score (nSPS) is 20.2. The quantitative estimate of drug-likeness (QED) is 0.542. The third-order valence-electron chi connectivity index (χ3n) is 6.35.